The van der Waals surface area contributed by atoms with Gasteiger partial charge in [0.15, 0.2) is 0 Å². The lowest BCUT2D eigenvalue weighted by atomic mass is 9.85. The molecule has 3 rings (SSSR count). The Labute approximate surface area is 163 Å². The number of likely N-dealkylation sites (tertiary alicyclic amines) is 1. The van der Waals surface area contributed by atoms with E-state index in [1.165, 1.54) is 5.56 Å². The molecule has 0 bridgehead atoms. The van der Waals surface area contributed by atoms with Crippen LogP contribution in [-0.2, 0) is 10.3 Å². The molecule has 2 aliphatic heterocycles. The van der Waals surface area contributed by atoms with Crippen molar-refractivity contribution in [1.82, 2.24) is 10.4 Å². The number of nitrogens with one attached hydrogen (secondary N) is 2. The zero-order valence-electron chi connectivity index (χ0n) is 17.5. The number of allylic oxidation sites excluding steroid dienone is 1. The van der Waals surface area contributed by atoms with E-state index in [0.29, 0.717) is 13.1 Å². The smallest absolute Gasteiger partial charge is 0.321 e. The molecule has 1 aromatic carbocycles. The lowest BCUT2D eigenvalue weighted by Crippen LogP contribution is -2.48. The fourth-order valence-electron chi connectivity index (χ4n) is 3.44. The SMILES string of the molecule is CC(C)(C)C1=CC2(CCN(C(=O)Nc3ccc(C(C)(C)C)cc3)CC2)ON1. The summed E-state index contributed by atoms with van der Waals surface area (Å²) in [5.41, 5.74) is 6.18. The first-order chi connectivity index (χ1) is 12.5. The second kappa shape index (κ2) is 6.86. The number of carbonyl (C=O) groups is 1. The Balaban J connectivity index is 1.57. The number of benzene rings is 1. The molecule has 0 saturated carbocycles. The van der Waals surface area contributed by atoms with E-state index in [9.17, 15) is 4.79 Å². The van der Waals surface area contributed by atoms with Gasteiger partial charge in [-0.1, -0.05) is 53.7 Å². The van der Waals surface area contributed by atoms with Crippen LogP contribution in [0.3, 0.4) is 0 Å². The summed E-state index contributed by atoms with van der Waals surface area (Å²) in [6, 6.07) is 8.08. The monoisotopic (exact) mass is 371 g/mol. The normalized spacial score (nSPS) is 19.6. The second-order valence-electron chi connectivity index (χ2n) is 9.82. The van der Waals surface area contributed by atoms with E-state index in [-0.39, 0.29) is 22.5 Å². The first kappa shape index (κ1) is 19.7. The van der Waals surface area contributed by atoms with Gasteiger partial charge < -0.3 is 10.2 Å². The van der Waals surface area contributed by atoms with Crippen molar-refractivity contribution in [2.45, 2.75) is 65.4 Å². The van der Waals surface area contributed by atoms with Gasteiger partial charge in [0.1, 0.15) is 5.60 Å². The molecular formula is C22H33N3O2. The quantitative estimate of drug-likeness (QED) is 0.744. The lowest BCUT2D eigenvalue weighted by molar-refractivity contribution is -0.0707. The summed E-state index contributed by atoms with van der Waals surface area (Å²) in [4.78, 5) is 20.4. The molecule has 0 aliphatic carbocycles. The predicted molar refractivity (Wildman–Crippen MR) is 109 cm³/mol. The highest BCUT2D eigenvalue weighted by Gasteiger charge is 2.41. The Morgan fingerprint density at radius 2 is 1.63 bits per heavy atom. The molecule has 5 nitrogen and oxygen atoms in total. The Kier molecular flexibility index (Phi) is 5.02. The highest BCUT2D eigenvalue weighted by molar-refractivity contribution is 5.89. The Hall–Kier alpha value is -2.01. The van der Waals surface area contributed by atoms with Gasteiger partial charge in [0, 0.05) is 42.7 Å². The molecule has 2 aliphatic rings. The molecule has 0 unspecified atom stereocenters. The molecular weight excluding hydrogens is 338 g/mol. The predicted octanol–water partition coefficient (Wildman–Crippen LogP) is 4.82. The summed E-state index contributed by atoms with van der Waals surface area (Å²) >= 11 is 0. The molecule has 0 atom stereocenters. The van der Waals surface area contributed by atoms with Crippen molar-refractivity contribution in [3.05, 3.63) is 41.6 Å². The van der Waals surface area contributed by atoms with Crippen molar-refractivity contribution in [1.29, 1.82) is 0 Å². The zero-order chi connectivity index (χ0) is 19.9. The third-order valence-corrected chi connectivity index (χ3v) is 5.48. The Morgan fingerprint density at radius 1 is 1.04 bits per heavy atom. The van der Waals surface area contributed by atoms with Crippen LogP contribution in [0.2, 0.25) is 0 Å². The van der Waals surface area contributed by atoms with Crippen LogP contribution in [-0.4, -0.2) is 29.6 Å². The topological polar surface area (TPSA) is 53.6 Å². The van der Waals surface area contributed by atoms with Gasteiger partial charge in [0.25, 0.3) is 0 Å². The third-order valence-electron chi connectivity index (χ3n) is 5.48. The first-order valence-electron chi connectivity index (χ1n) is 9.82. The molecule has 2 N–H and O–H groups in total. The van der Waals surface area contributed by atoms with Gasteiger partial charge in [-0.2, -0.15) is 0 Å². The fraction of sp³-hybridized carbons (Fsp3) is 0.591. The number of hydroxylamine groups is 1. The summed E-state index contributed by atoms with van der Waals surface area (Å²) in [5.74, 6) is 0. The lowest BCUT2D eigenvalue weighted by Gasteiger charge is -2.36. The second-order valence-corrected chi connectivity index (χ2v) is 9.82. The maximum absolute atomic E-state index is 12.6. The summed E-state index contributed by atoms with van der Waals surface area (Å²) in [7, 11) is 0. The number of hydrogen-bond donors (Lipinski definition) is 2. The average molecular weight is 372 g/mol. The molecule has 1 fully saturated rings. The third kappa shape index (κ3) is 4.46. The summed E-state index contributed by atoms with van der Waals surface area (Å²) in [6.45, 7) is 14.4. The number of amides is 2. The number of carbonyl (C=O) groups excluding carboxylic acids is 1. The molecule has 0 aromatic heterocycles. The van der Waals surface area contributed by atoms with E-state index >= 15 is 0 Å². The van der Waals surface area contributed by atoms with Gasteiger partial charge in [-0.15, -0.1) is 0 Å². The van der Waals surface area contributed by atoms with Gasteiger partial charge in [-0.3, -0.25) is 10.3 Å². The number of hydrogen-bond acceptors (Lipinski definition) is 3. The minimum Gasteiger partial charge on any atom is -0.324 e. The van der Waals surface area contributed by atoms with Crippen LogP contribution in [0.25, 0.3) is 0 Å². The van der Waals surface area contributed by atoms with Crippen LogP contribution in [0.4, 0.5) is 10.5 Å². The highest BCUT2D eigenvalue weighted by atomic mass is 16.7. The molecule has 148 valence electrons. The molecule has 5 heteroatoms. The standard InChI is InChI=1S/C22H33N3O2/c1-20(2,3)16-7-9-17(10-8-16)23-19(26)25-13-11-22(12-14-25)15-18(24-27-22)21(4,5)6/h7-10,15,24H,11-14H2,1-6H3,(H,23,26). The van der Waals surface area contributed by atoms with Crippen LogP contribution in [0.5, 0.6) is 0 Å². The zero-order valence-corrected chi connectivity index (χ0v) is 17.5. The van der Waals surface area contributed by atoms with Crippen molar-refractivity contribution < 1.29 is 9.63 Å². The average Bonchev–Trinajstić information content (AvgIpc) is 2.99. The summed E-state index contributed by atoms with van der Waals surface area (Å²) < 4.78 is 0. The highest BCUT2D eigenvalue weighted by Crippen LogP contribution is 2.37. The van der Waals surface area contributed by atoms with Crippen molar-refractivity contribution >= 4 is 11.7 Å². The van der Waals surface area contributed by atoms with Crippen LogP contribution in [0, 0.1) is 5.41 Å². The van der Waals surface area contributed by atoms with Gasteiger partial charge >= 0.3 is 6.03 Å². The van der Waals surface area contributed by atoms with E-state index in [2.05, 4.69) is 70.5 Å². The minimum atomic E-state index is -0.284. The van der Waals surface area contributed by atoms with Crippen molar-refractivity contribution in [3.63, 3.8) is 0 Å². The maximum Gasteiger partial charge on any atom is 0.321 e. The molecule has 2 amide bonds. The van der Waals surface area contributed by atoms with Gasteiger partial charge in [0.05, 0.1) is 0 Å². The number of piperidine rings is 1. The van der Waals surface area contributed by atoms with E-state index < -0.39 is 0 Å². The van der Waals surface area contributed by atoms with Gasteiger partial charge in [-0.25, -0.2) is 4.79 Å². The minimum absolute atomic E-state index is 0.0389. The van der Waals surface area contributed by atoms with Crippen molar-refractivity contribution in [2.75, 3.05) is 18.4 Å². The first-order valence-corrected chi connectivity index (χ1v) is 9.82. The van der Waals surface area contributed by atoms with Crippen LogP contribution in [0.1, 0.15) is 59.9 Å². The van der Waals surface area contributed by atoms with E-state index in [1.54, 1.807) is 0 Å². The molecule has 27 heavy (non-hydrogen) atoms. The number of urea groups is 1. The molecule has 1 saturated heterocycles. The number of nitrogens with zero attached hydrogens (tertiary/aromatic N) is 1. The largest absolute Gasteiger partial charge is 0.324 e. The van der Waals surface area contributed by atoms with Crippen LogP contribution >= 0.6 is 0 Å². The molecule has 2 heterocycles. The number of rotatable bonds is 1. The van der Waals surface area contributed by atoms with E-state index in [0.717, 1.165) is 24.2 Å². The molecule has 1 aromatic rings. The van der Waals surface area contributed by atoms with Gasteiger partial charge in [0.2, 0.25) is 0 Å². The number of anilines is 1. The summed E-state index contributed by atoms with van der Waals surface area (Å²) in [5, 5.41) is 3.02. The van der Waals surface area contributed by atoms with E-state index in [4.69, 9.17) is 4.84 Å². The fourth-order valence-corrected chi connectivity index (χ4v) is 3.44. The molecule has 0 radical (unpaired) electrons. The Morgan fingerprint density at radius 3 is 2.11 bits per heavy atom. The van der Waals surface area contributed by atoms with E-state index in [1.807, 2.05) is 17.0 Å². The molecule has 1 spiro atoms. The maximum atomic E-state index is 12.6. The van der Waals surface area contributed by atoms with Crippen LogP contribution in [0.15, 0.2) is 36.0 Å². The summed E-state index contributed by atoms with van der Waals surface area (Å²) in [6.07, 6.45) is 3.82. The van der Waals surface area contributed by atoms with Crippen molar-refractivity contribution in [3.8, 4) is 0 Å². The van der Waals surface area contributed by atoms with Gasteiger partial charge in [-0.05, 0) is 29.2 Å². The van der Waals surface area contributed by atoms with Crippen LogP contribution < -0.4 is 10.8 Å². The Bertz CT molecular complexity index is 715. The van der Waals surface area contributed by atoms with Crippen molar-refractivity contribution in [2.24, 2.45) is 5.41 Å².